The molecule has 0 fully saturated rings. The summed E-state index contributed by atoms with van der Waals surface area (Å²) in [4.78, 5) is 7.83. The summed E-state index contributed by atoms with van der Waals surface area (Å²) in [5.74, 6) is 0.618. The van der Waals surface area contributed by atoms with Gasteiger partial charge in [0.05, 0.1) is 23.8 Å². The fourth-order valence-corrected chi connectivity index (χ4v) is 1.63. The van der Waals surface area contributed by atoms with E-state index in [-0.39, 0.29) is 5.75 Å². The summed E-state index contributed by atoms with van der Waals surface area (Å²) in [5, 5.41) is 2.90. The van der Waals surface area contributed by atoms with Crippen molar-refractivity contribution in [1.29, 1.82) is 0 Å². The summed E-state index contributed by atoms with van der Waals surface area (Å²) in [6.07, 6.45) is 4.73. The Morgan fingerprint density at radius 1 is 1.40 bits per heavy atom. The van der Waals surface area contributed by atoms with Crippen molar-refractivity contribution >= 4 is 21.5 Å². The maximum atomic E-state index is 10.8. The molecule has 1 aromatic heterocycles. The molecular formula is C8H14N4O2S. The van der Waals surface area contributed by atoms with E-state index in [1.165, 1.54) is 18.6 Å². The van der Waals surface area contributed by atoms with Crippen molar-refractivity contribution in [3.63, 3.8) is 0 Å². The van der Waals surface area contributed by atoms with Crippen molar-refractivity contribution < 1.29 is 8.42 Å². The normalized spacial score (nSPS) is 11.3. The fraction of sp³-hybridized carbons (Fsp3) is 0.500. The number of aromatic nitrogens is 2. The maximum absolute atomic E-state index is 10.8. The molecular weight excluding hydrogens is 216 g/mol. The second kappa shape index (κ2) is 4.92. The molecule has 0 saturated heterocycles. The van der Waals surface area contributed by atoms with Gasteiger partial charge in [-0.05, 0) is 6.42 Å². The quantitative estimate of drug-likeness (QED) is 0.686. The number of nitrogens with two attached hydrogens (primary N) is 1. The van der Waals surface area contributed by atoms with Gasteiger partial charge in [0.15, 0.2) is 0 Å². The van der Waals surface area contributed by atoms with Gasteiger partial charge in [-0.1, -0.05) is 0 Å². The molecule has 0 bridgehead atoms. The predicted molar refractivity (Wildman–Crippen MR) is 59.3 cm³/mol. The van der Waals surface area contributed by atoms with Crippen molar-refractivity contribution in [2.75, 3.05) is 29.6 Å². The average molecular weight is 230 g/mol. The number of hydrogen-bond donors (Lipinski definition) is 2. The maximum Gasteiger partial charge on any atom is 0.222 e. The number of anilines is 2. The van der Waals surface area contributed by atoms with E-state index in [9.17, 15) is 8.42 Å². The summed E-state index contributed by atoms with van der Waals surface area (Å²) in [6.45, 7) is 0.525. The van der Waals surface area contributed by atoms with Gasteiger partial charge in [-0.2, -0.15) is 0 Å². The summed E-state index contributed by atoms with van der Waals surface area (Å²) in [5.41, 5.74) is 5.90. The van der Waals surface area contributed by atoms with Crippen LogP contribution in [0.1, 0.15) is 6.42 Å². The Morgan fingerprint density at radius 3 is 2.53 bits per heavy atom. The van der Waals surface area contributed by atoms with Crippen LogP contribution >= 0.6 is 0 Å². The van der Waals surface area contributed by atoms with E-state index in [0.717, 1.165) is 0 Å². The number of nitrogens with zero attached hydrogens (tertiary/aromatic N) is 2. The lowest BCUT2D eigenvalue weighted by Gasteiger charge is -2.03. The van der Waals surface area contributed by atoms with Gasteiger partial charge in [-0.15, -0.1) is 0 Å². The predicted octanol–water partition coefficient (Wildman–Crippen LogP) is -0.0946. The van der Waals surface area contributed by atoms with Crippen LogP contribution in [0.4, 0.5) is 11.6 Å². The smallest absolute Gasteiger partial charge is 0.222 e. The highest BCUT2D eigenvalue weighted by Gasteiger charge is 2.01. The molecule has 0 spiro atoms. The van der Waals surface area contributed by atoms with Gasteiger partial charge in [0.25, 0.3) is 0 Å². The van der Waals surface area contributed by atoms with Crippen molar-refractivity contribution in [3.05, 3.63) is 12.4 Å². The molecule has 7 heteroatoms. The lowest BCUT2D eigenvalue weighted by molar-refractivity contribution is 0.600. The summed E-state index contributed by atoms with van der Waals surface area (Å²) >= 11 is 0. The van der Waals surface area contributed by atoms with Crippen LogP contribution in [0.3, 0.4) is 0 Å². The first-order chi connectivity index (χ1) is 6.97. The van der Waals surface area contributed by atoms with Gasteiger partial charge in [0, 0.05) is 12.8 Å². The molecule has 0 aliphatic rings. The standard InChI is InChI=1S/C8H14N4O2S/c1-15(13,14)4-2-3-10-8-11-5-7(9)6-12-8/h5-6H,2-4,9H2,1H3,(H,10,11,12). The first kappa shape index (κ1) is 11.7. The highest BCUT2D eigenvalue weighted by Crippen LogP contribution is 2.00. The molecule has 15 heavy (non-hydrogen) atoms. The molecule has 0 radical (unpaired) electrons. The van der Waals surface area contributed by atoms with Crippen LogP contribution in [0.15, 0.2) is 12.4 Å². The minimum absolute atomic E-state index is 0.162. The molecule has 1 rings (SSSR count). The van der Waals surface area contributed by atoms with Gasteiger partial charge in [-0.3, -0.25) is 0 Å². The lowest BCUT2D eigenvalue weighted by Crippen LogP contribution is -2.11. The second-order valence-corrected chi connectivity index (χ2v) is 5.51. The van der Waals surface area contributed by atoms with Gasteiger partial charge in [0.1, 0.15) is 9.84 Å². The molecule has 0 saturated carbocycles. The Bertz CT molecular complexity index is 401. The SMILES string of the molecule is CS(=O)(=O)CCCNc1ncc(N)cn1. The second-order valence-electron chi connectivity index (χ2n) is 3.25. The zero-order chi connectivity index (χ0) is 11.3. The molecule has 1 heterocycles. The van der Waals surface area contributed by atoms with Crippen LogP contribution in [-0.2, 0) is 9.84 Å². The number of nitrogen functional groups attached to an aromatic ring is 1. The Morgan fingerprint density at radius 2 is 2.00 bits per heavy atom. The number of nitrogens with one attached hydrogen (secondary N) is 1. The van der Waals surface area contributed by atoms with Crippen LogP contribution in [0.5, 0.6) is 0 Å². The van der Waals surface area contributed by atoms with Gasteiger partial charge in [-0.25, -0.2) is 18.4 Å². The van der Waals surface area contributed by atoms with E-state index in [2.05, 4.69) is 15.3 Å². The van der Waals surface area contributed by atoms with E-state index in [1.807, 2.05) is 0 Å². The zero-order valence-electron chi connectivity index (χ0n) is 8.47. The average Bonchev–Trinajstić information content (AvgIpc) is 2.14. The van der Waals surface area contributed by atoms with E-state index >= 15 is 0 Å². The number of sulfone groups is 1. The van der Waals surface area contributed by atoms with Crippen molar-refractivity contribution in [1.82, 2.24) is 9.97 Å². The summed E-state index contributed by atoms with van der Waals surface area (Å²) in [6, 6.07) is 0. The monoisotopic (exact) mass is 230 g/mol. The van der Waals surface area contributed by atoms with Crippen molar-refractivity contribution in [3.8, 4) is 0 Å². The third kappa shape index (κ3) is 5.16. The van der Waals surface area contributed by atoms with Crippen molar-refractivity contribution in [2.45, 2.75) is 6.42 Å². The Kier molecular flexibility index (Phi) is 3.84. The van der Waals surface area contributed by atoms with Crippen LogP contribution < -0.4 is 11.1 Å². The highest BCUT2D eigenvalue weighted by atomic mass is 32.2. The first-order valence-corrected chi connectivity index (χ1v) is 6.52. The van der Waals surface area contributed by atoms with Crippen molar-refractivity contribution in [2.24, 2.45) is 0 Å². The summed E-state index contributed by atoms with van der Waals surface area (Å²) < 4.78 is 21.6. The lowest BCUT2D eigenvalue weighted by atomic mass is 10.5. The molecule has 0 amide bonds. The highest BCUT2D eigenvalue weighted by molar-refractivity contribution is 7.90. The topological polar surface area (TPSA) is 98.0 Å². The third-order valence-corrected chi connectivity index (χ3v) is 2.68. The summed E-state index contributed by atoms with van der Waals surface area (Å²) in [7, 11) is -2.89. The molecule has 84 valence electrons. The van der Waals surface area contributed by atoms with Gasteiger partial charge >= 0.3 is 0 Å². The molecule has 6 nitrogen and oxygen atoms in total. The minimum atomic E-state index is -2.89. The van der Waals surface area contributed by atoms with E-state index in [4.69, 9.17) is 5.73 Å². The minimum Gasteiger partial charge on any atom is -0.396 e. The number of rotatable bonds is 5. The fourth-order valence-electron chi connectivity index (χ4n) is 0.964. The molecule has 1 aromatic rings. The largest absolute Gasteiger partial charge is 0.396 e. The van der Waals surface area contributed by atoms with Crippen LogP contribution in [0, 0.1) is 0 Å². The van der Waals surface area contributed by atoms with Crippen LogP contribution in [-0.4, -0.2) is 36.9 Å². The zero-order valence-corrected chi connectivity index (χ0v) is 9.29. The molecule has 3 N–H and O–H groups in total. The van der Waals surface area contributed by atoms with E-state index in [0.29, 0.717) is 24.6 Å². The Hall–Kier alpha value is -1.37. The molecule has 0 aliphatic carbocycles. The number of hydrogen-bond acceptors (Lipinski definition) is 6. The molecule has 0 unspecified atom stereocenters. The van der Waals surface area contributed by atoms with Gasteiger partial charge < -0.3 is 11.1 Å². The Labute approximate surface area is 88.8 Å². The van der Waals surface area contributed by atoms with E-state index < -0.39 is 9.84 Å². The first-order valence-electron chi connectivity index (χ1n) is 4.46. The van der Waals surface area contributed by atoms with Crippen LogP contribution in [0.2, 0.25) is 0 Å². The molecule has 0 atom stereocenters. The molecule has 0 aliphatic heterocycles. The van der Waals surface area contributed by atoms with Crippen LogP contribution in [0.25, 0.3) is 0 Å². The third-order valence-electron chi connectivity index (χ3n) is 1.65. The molecule has 0 aromatic carbocycles. The van der Waals surface area contributed by atoms with E-state index in [1.54, 1.807) is 0 Å². The Balaban J connectivity index is 2.29. The van der Waals surface area contributed by atoms with Gasteiger partial charge in [0.2, 0.25) is 5.95 Å².